The first-order valence-electron chi connectivity index (χ1n) is 13.0. The number of hydrogen-bond donors (Lipinski definition) is 1. The van der Waals surface area contributed by atoms with Gasteiger partial charge < -0.3 is 14.7 Å². The molecule has 2 fully saturated rings. The Hall–Kier alpha value is -2.75. The summed E-state index contributed by atoms with van der Waals surface area (Å²) >= 11 is 6.35. The largest absolute Gasteiger partial charge is 0.489 e. The summed E-state index contributed by atoms with van der Waals surface area (Å²) in [4.78, 5) is 22.2. The molecule has 1 N–H and O–H groups in total. The Bertz CT molecular complexity index is 1370. The van der Waals surface area contributed by atoms with Crippen molar-refractivity contribution in [2.45, 2.75) is 77.3 Å². The number of halogens is 2. The normalized spacial score (nSPS) is 22.7. The van der Waals surface area contributed by atoms with Crippen LogP contribution in [0.15, 0.2) is 18.2 Å². The highest BCUT2D eigenvalue weighted by Crippen LogP contribution is 2.33. The van der Waals surface area contributed by atoms with E-state index in [4.69, 9.17) is 16.3 Å². The number of hydrogen-bond acceptors (Lipinski definition) is 6. The van der Waals surface area contributed by atoms with E-state index in [0.717, 1.165) is 67.8 Å². The molecule has 1 saturated carbocycles. The lowest BCUT2D eigenvalue weighted by molar-refractivity contribution is 0.0280. The van der Waals surface area contributed by atoms with Gasteiger partial charge in [0.15, 0.2) is 5.65 Å². The molecule has 0 unspecified atom stereocenters. The summed E-state index contributed by atoms with van der Waals surface area (Å²) < 4.78 is 22.2. The molecule has 1 aromatic carbocycles. The van der Waals surface area contributed by atoms with Crippen molar-refractivity contribution < 1.29 is 19.0 Å². The van der Waals surface area contributed by atoms with Gasteiger partial charge in [0.1, 0.15) is 17.7 Å². The monoisotopic (exact) mass is 527 g/mol. The topological polar surface area (TPSA) is 83.2 Å². The second-order valence-electron chi connectivity index (χ2n) is 10.5. The van der Waals surface area contributed by atoms with Crippen molar-refractivity contribution in [1.82, 2.24) is 24.4 Å². The van der Waals surface area contributed by atoms with E-state index in [2.05, 4.69) is 15.0 Å². The molecule has 2 atom stereocenters. The average molecular weight is 528 g/mol. The van der Waals surface area contributed by atoms with Gasteiger partial charge in [-0.2, -0.15) is 5.10 Å². The van der Waals surface area contributed by atoms with E-state index < -0.39 is 5.82 Å². The number of aliphatic hydroxyl groups is 1. The molecule has 6 rings (SSSR count). The summed E-state index contributed by atoms with van der Waals surface area (Å²) in [6, 6.07) is 4.34. The van der Waals surface area contributed by atoms with Crippen LogP contribution < -0.4 is 4.74 Å². The fourth-order valence-corrected chi connectivity index (χ4v) is 6.17. The van der Waals surface area contributed by atoms with Crippen LogP contribution in [0.1, 0.15) is 65.1 Å². The van der Waals surface area contributed by atoms with Gasteiger partial charge in [0.05, 0.1) is 46.9 Å². The average Bonchev–Trinajstić information content (AvgIpc) is 3.58. The Morgan fingerprint density at radius 3 is 2.68 bits per heavy atom. The number of likely N-dealkylation sites (tertiary alicyclic amines) is 1. The van der Waals surface area contributed by atoms with E-state index in [-0.39, 0.29) is 29.9 Å². The Balaban J connectivity index is 1.18. The fourth-order valence-electron chi connectivity index (χ4n) is 6.05. The molecule has 0 bridgehead atoms. The molecule has 196 valence electrons. The van der Waals surface area contributed by atoms with Crippen molar-refractivity contribution >= 4 is 23.2 Å². The maximum Gasteiger partial charge on any atom is 0.258 e. The molecule has 3 aromatic rings. The molecule has 3 aliphatic rings. The minimum Gasteiger partial charge on any atom is -0.489 e. The van der Waals surface area contributed by atoms with Crippen molar-refractivity contribution in [2.75, 3.05) is 13.1 Å². The minimum absolute atomic E-state index is 0.108. The standard InChI is InChI=1S/C27H31ClFN5O3/c1-15-25(28)16(2)34-26(30-15)20-13-33(14-21(20)31-34)27(36)19-7-6-17(29)12-24(19)37-18-8-10-32(11-9-18)22-4-3-5-23(22)35/h6-7,12,18,22-23,35H,3-5,8-11,13-14H2,1-2H3/t22-,23-/m0/s1. The van der Waals surface area contributed by atoms with Crippen molar-refractivity contribution in [1.29, 1.82) is 0 Å². The van der Waals surface area contributed by atoms with Crippen molar-refractivity contribution in [3.05, 3.63) is 57.2 Å². The molecule has 1 amide bonds. The van der Waals surface area contributed by atoms with Crippen molar-refractivity contribution in [3.63, 3.8) is 0 Å². The van der Waals surface area contributed by atoms with E-state index in [1.165, 1.54) is 18.2 Å². The summed E-state index contributed by atoms with van der Waals surface area (Å²) in [5, 5.41) is 15.5. The van der Waals surface area contributed by atoms with Crippen LogP contribution in [0, 0.1) is 19.7 Å². The smallest absolute Gasteiger partial charge is 0.258 e. The number of carbonyl (C=O) groups is 1. The van der Waals surface area contributed by atoms with E-state index >= 15 is 0 Å². The van der Waals surface area contributed by atoms with Gasteiger partial charge in [-0.25, -0.2) is 13.9 Å². The second-order valence-corrected chi connectivity index (χ2v) is 10.9. The lowest BCUT2D eigenvalue weighted by Crippen LogP contribution is -2.47. The summed E-state index contributed by atoms with van der Waals surface area (Å²) in [6.45, 7) is 6.10. The Kier molecular flexibility index (Phi) is 6.33. The molecule has 2 aliphatic heterocycles. The van der Waals surface area contributed by atoms with Crippen LogP contribution in [-0.2, 0) is 13.1 Å². The van der Waals surface area contributed by atoms with Gasteiger partial charge in [0.2, 0.25) is 0 Å². The number of fused-ring (bicyclic) bond motifs is 3. The zero-order valence-corrected chi connectivity index (χ0v) is 21.8. The van der Waals surface area contributed by atoms with Crippen molar-refractivity contribution in [2.24, 2.45) is 0 Å². The maximum absolute atomic E-state index is 14.2. The molecular formula is C27H31ClFN5O3. The Morgan fingerprint density at radius 1 is 1.16 bits per heavy atom. The maximum atomic E-state index is 14.2. The van der Waals surface area contributed by atoms with Gasteiger partial charge in [-0.15, -0.1) is 0 Å². The molecule has 2 aromatic heterocycles. The molecule has 1 saturated heterocycles. The predicted molar refractivity (Wildman–Crippen MR) is 136 cm³/mol. The number of aromatic nitrogens is 3. The highest BCUT2D eigenvalue weighted by molar-refractivity contribution is 6.31. The summed E-state index contributed by atoms with van der Waals surface area (Å²) in [6.07, 6.45) is 4.14. The third-order valence-electron chi connectivity index (χ3n) is 8.10. The van der Waals surface area contributed by atoms with E-state index in [1.807, 2.05) is 13.8 Å². The summed E-state index contributed by atoms with van der Waals surface area (Å²) in [5.74, 6) is -0.382. The van der Waals surface area contributed by atoms with Gasteiger partial charge >= 0.3 is 0 Å². The quantitative estimate of drug-likeness (QED) is 0.551. The summed E-state index contributed by atoms with van der Waals surface area (Å²) in [5.41, 5.74) is 4.29. The third kappa shape index (κ3) is 4.36. The van der Waals surface area contributed by atoms with E-state index in [9.17, 15) is 14.3 Å². The predicted octanol–water partition coefficient (Wildman–Crippen LogP) is 4.05. The molecule has 0 spiro atoms. The van der Waals surface area contributed by atoms with E-state index in [0.29, 0.717) is 29.3 Å². The number of ether oxygens (including phenoxy) is 1. The van der Waals surface area contributed by atoms with Gasteiger partial charge in [-0.3, -0.25) is 9.69 Å². The summed E-state index contributed by atoms with van der Waals surface area (Å²) in [7, 11) is 0. The molecule has 1 aliphatic carbocycles. The molecule has 0 radical (unpaired) electrons. The number of amides is 1. The van der Waals surface area contributed by atoms with Gasteiger partial charge in [0, 0.05) is 30.8 Å². The molecule has 4 heterocycles. The zero-order chi connectivity index (χ0) is 25.8. The lowest BCUT2D eigenvalue weighted by Gasteiger charge is -2.37. The number of benzene rings is 1. The van der Waals surface area contributed by atoms with Crippen LogP contribution in [0.5, 0.6) is 5.75 Å². The van der Waals surface area contributed by atoms with Crippen LogP contribution in [-0.4, -0.2) is 66.8 Å². The third-order valence-corrected chi connectivity index (χ3v) is 8.65. The van der Waals surface area contributed by atoms with Crippen LogP contribution in [0.3, 0.4) is 0 Å². The Labute approximate surface area is 220 Å². The van der Waals surface area contributed by atoms with Gasteiger partial charge in [0.25, 0.3) is 5.91 Å². The van der Waals surface area contributed by atoms with Crippen molar-refractivity contribution in [3.8, 4) is 5.75 Å². The first-order valence-corrected chi connectivity index (χ1v) is 13.4. The second kappa shape index (κ2) is 9.53. The number of piperidine rings is 1. The van der Waals surface area contributed by atoms with Gasteiger partial charge in [-0.1, -0.05) is 11.6 Å². The van der Waals surface area contributed by atoms with Gasteiger partial charge in [-0.05, 0) is 58.1 Å². The number of aryl methyl sites for hydroxylation is 2. The number of rotatable bonds is 4. The van der Waals surface area contributed by atoms with Crippen LogP contribution in [0.2, 0.25) is 5.02 Å². The van der Waals surface area contributed by atoms with E-state index in [1.54, 1.807) is 9.42 Å². The lowest BCUT2D eigenvalue weighted by atomic mass is 10.0. The number of nitrogens with zero attached hydrogens (tertiary/aromatic N) is 5. The minimum atomic E-state index is -0.438. The highest BCUT2D eigenvalue weighted by Gasteiger charge is 2.35. The molecule has 37 heavy (non-hydrogen) atoms. The SMILES string of the molecule is Cc1nc2c3c(nn2c(C)c1Cl)CN(C(=O)c1ccc(F)cc1OC1CCN([C@H]2CCC[C@@H]2O)CC1)C3. The zero-order valence-electron chi connectivity index (χ0n) is 21.1. The molecular weight excluding hydrogens is 497 g/mol. The number of carbonyl (C=O) groups excluding carboxylic acids is 1. The molecule has 8 nitrogen and oxygen atoms in total. The first kappa shape index (κ1) is 24.6. The molecule has 10 heteroatoms. The Morgan fingerprint density at radius 2 is 1.95 bits per heavy atom. The van der Waals surface area contributed by atoms with Crippen LogP contribution >= 0.6 is 11.6 Å². The number of aliphatic hydroxyl groups excluding tert-OH is 1. The first-order chi connectivity index (χ1) is 17.8. The highest BCUT2D eigenvalue weighted by atomic mass is 35.5. The van der Waals surface area contributed by atoms with Crippen LogP contribution in [0.4, 0.5) is 4.39 Å². The van der Waals surface area contributed by atoms with Crippen LogP contribution in [0.25, 0.3) is 5.65 Å². The fraction of sp³-hybridized carbons (Fsp3) is 0.519.